The van der Waals surface area contributed by atoms with Crippen LogP contribution in [0.25, 0.3) is 0 Å². The Morgan fingerprint density at radius 1 is 0.933 bits per heavy atom. The molecule has 0 aromatic rings. The monoisotopic (exact) mass is 211 g/mol. The summed E-state index contributed by atoms with van der Waals surface area (Å²) in [5.74, 6) is 1.61. The predicted molar refractivity (Wildman–Crippen MR) is 62.7 cm³/mol. The Bertz CT molecular complexity index is 207. The van der Waals surface area contributed by atoms with E-state index >= 15 is 0 Å². The second-order valence-corrected chi connectivity index (χ2v) is 5.65. The minimum atomic E-state index is -0.0885. The molecule has 0 spiro atoms. The standard InChI is InChI=1S/C13H25NO/c1-9-5-3-6-11(10(9)2)14-12-7-4-8-13(12)15/h9-15H,3-8H2,1-2H3. The van der Waals surface area contributed by atoms with Crippen molar-refractivity contribution < 1.29 is 5.11 Å². The highest BCUT2D eigenvalue weighted by Crippen LogP contribution is 2.31. The number of rotatable bonds is 2. The molecule has 2 fully saturated rings. The van der Waals surface area contributed by atoms with Crippen molar-refractivity contribution in [3.63, 3.8) is 0 Å². The van der Waals surface area contributed by atoms with E-state index < -0.39 is 0 Å². The highest BCUT2D eigenvalue weighted by Gasteiger charge is 2.32. The summed E-state index contributed by atoms with van der Waals surface area (Å²) in [6.45, 7) is 4.73. The van der Waals surface area contributed by atoms with Crippen LogP contribution in [0.2, 0.25) is 0 Å². The molecule has 0 aliphatic heterocycles. The second-order valence-electron chi connectivity index (χ2n) is 5.65. The number of aliphatic hydroxyl groups excluding tert-OH is 1. The van der Waals surface area contributed by atoms with E-state index in [-0.39, 0.29) is 6.10 Å². The fourth-order valence-corrected chi connectivity index (χ4v) is 3.23. The minimum Gasteiger partial charge on any atom is -0.392 e. The zero-order valence-electron chi connectivity index (χ0n) is 10.1. The van der Waals surface area contributed by atoms with E-state index in [4.69, 9.17) is 0 Å². The second kappa shape index (κ2) is 4.84. The van der Waals surface area contributed by atoms with Gasteiger partial charge in [-0.1, -0.05) is 26.7 Å². The third-order valence-electron chi connectivity index (χ3n) is 4.61. The topological polar surface area (TPSA) is 32.3 Å². The molecular formula is C13H25NO. The van der Waals surface area contributed by atoms with Gasteiger partial charge >= 0.3 is 0 Å². The van der Waals surface area contributed by atoms with Crippen LogP contribution in [-0.2, 0) is 0 Å². The first-order chi connectivity index (χ1) is 7.18. The summed E-state index contributed by atoms with van der Waals surface area (Å²) in [5, 5.41) is 13.5. The van der Waals surface area contributed by atoms with Gasteiger partial charge in [0.05, 0.1) is 6.10 Å². The van der Waals surface area contributed by atoms with Gasteiger partial charge in [-0.05, 0) is 37.5 Å². The van der Waals surface area contributed by atoms with Crippen LogP contribution in [0, 0.1) is 11.8 Å². The Labute approximate surface area is 93.5 Å². The van der Waals surface area contributed by atoms with E-state index in [1.54, 1.807) is 0 Å². The van der Waals surface area contributed by atoms with Gasteiger partial charge in [0.1, 0.15) is 0 Å². The Kier molecular flexibility index (Phi) is 3.68. The van der Waals surface area contributed by atoms with Crippen LogP contribution < -0.4 is 5.32 Å². The van der Waals surface area contributed by atoms with E-state index in [1.807, 2.05) is 0 Å². The number of aliphatic hydroxyl groups is 1. The molecule has 2 rings (SSSR count). The summed E-state index contributed by atoms with van der Waals surface area (Å²) in [5.41, 5.74) is 0. The van der Waals surface area contributed by atoms with Crippen LogP contribution in [-0.4, -0.2) is 23.3 Å². The van der Waals surface area contributed by atoms with Crippen molar-refractivity contribution in [1.29, 1.82) is 0 Å². The van der Waals surface area contributed by atoms with Crippen molar-refractivity contribution in [3.05, 3.63) is 0 Å². The molecule has 0 amide bonds. The third kappa shape index (κ3) is 2.54. The summed E-state index contributed by atoms with van der Waals surface area (Å²) in [7, 11) is 0. The fraction of sp³-hybridized carbons (Fsp3) is 1.00. The van der Waals surface area contributed by atoms with Gasteiger partial charge in [0, 0.05) is 12.1 Å². The maximum Gasteiger partial charge on any atom is 0.0693 e. The lowest BCUT2D eigenvalue weighted by molar-refractivity contribution is 0.119. The lowest BCUT2D eigenvalue weighted by Crippen LogP contribution is -2.48. The van der Waals surface area contributed by atoms with Crippen molar-refractivity contribution in [2.45, 2.75) is 70.6 Å². The quantitative estimate of drug-likeness (QED) is 0.734. The van der Waals surface area contributed by atoms with Gasteiger partial charge in [0.2, 0.25) is 0 Å². The van der Waals surface area contributed by atoms with Crippen LogP contribution in [0.15, 0.2) is 0 Å². The average molecular weight is 211 g/mol. The molecule has 0 radical (unpaired) electrons. The molecule has 0 aromatic heterocycles. The van der Waals surface area contributed by atoms with E-state index in [2.05, 4.69) is 19.2 Å². The van der Waals surface area contributed by atoms with Crippen LogP contribution in [0.4, 0.5) is 0 Å². The molecule has 2 N–H and O–H groups in total. The van der Waals surface area contributed by atoms with Gasteiger partial charge in [0.25, 0.3) is 0 Å². The van der Waals surface area contributed by atoms with Gasteiger partial charge in [-0.15, -0.1) is 0 Å². The van der Waals surface area contributed by atoms with Gasteiger partial charge in [0.15, 0.2) is 0 Å². The summed E-state index contributed by atoms with van der Waals surface area (Å²) in [6.07, 6.45) is 7.30. The van der Waals surface area contributed by atoms with Gasteiger partial charge in [-0.2, -0.15) is 0 Å². The van der Waals surface area contributed by atoms with Crippen LogP contribution >= 0.6 is 0 Å². The molecule has 15 heavy (non-hydrogen) atoms. The molecule has 2 aliphatic rings. The summed E-state index contributed by atoms with van der Waals surface area (Å²) >= 11 is 0. The SMILES string of the molecule is CC1CCCC(NC2CCCC2O)C1C. The van der Waals surface area contributed by atoms with E-state index in [0.29, 0.717) is 12.1 Å². The molecule has 88 valence electrons. The molecule has 0 saturated heterocycles. The van der Waals surface area contributed by atoms with E-state index in [0.717, 1.165) is 18.3 Å². The highest BCUT2D eigenvalue weighted by atomic mass is 16.3. The van der Waals surface area contributed by atoms with Gasteiger partial charge in [-0.25, -0.2) is 0 Å². The molecule has 0 bridgehead atoms. The predicted octanol–water partition coefficient (Wildman–Crippen LogP) is 2.31. The Balaban J connectivity index is 1.87. The molecule has 2 heteroatoms. The third-order valence-corrected chi connectivity index (χ3v) is 4.61. The maximum atomic E-state index is 9.81. The fourth-order valence-electron chi connectivity index (χ4n) is 3.23. The van der Waals surface area contributed by atoms with Gasteiger partial charge < -0.3 is 10.4 Å². The molecule has 2 nitrogen and oxygen atoms in total. The Morgan fingerprint density at radius 2 is 1.60 bits per heavy atom. The lowest BCUT2D eigenvalue weighted by Gasteiger charge is -2.37. The maximum absolute atomic E-state index is 9.81. The van der Waals surface area contributed by atoms with Crippen molar-refractivity contribution in [2.24, 2.45) is 11.8 Å². The van der Waals surface area contributed by atoms with Crippen molar-refractivity contribution in [2.75, 3.05) is 0 Å². The highest BCUT2D eigenvalue weighted by molar-refractivity contribution is 4.89. The zero-order valence-corrected chi connectivity index (χ0v) is 10.1. The molecule has 2 aliphatic carbocycles. The van der Waals surface area contributed by atoms with E-state index in [9.17, 15) is 5.11 Å². The van der Waals surface area contributed by atoms with Gasteiger partial charge in [-0.3, -0.25) is 0 Å². The largest absolute Gasteiger partial charge is 0.392 e. The first-order valence-electron chi connectivity index (χ1n) is 6.62. The summed E-state index contributed by atoms with van der Waals surface area (Å²) in [6, 6.07) is 1.02. The number of hydrogen-bond donors (Lipinski definition) is 2. The zero-order chi connectivity index (χ0) is 10.8. The summed E-state index contributed by atoms with van der Waals surface area (Å²) in [4.78, 5) is 0. The molecule has 2 saturated carbocycles. The lowest BCUT2D eigenvalue weighted by atomic mass is 9.77. The molecular weight excluding hydrogens is 186 g/mol. The molecule has 5 atom stereocenters. The molecule has 0 heterocycles. The van der Waals surface area contributed by atoms with Crippen molar-refractivity contribution >= 4 is 0 Å². The van der Waals surface area contributed by atoms with Crippen molar-refractivity contribution in [3.8, 4) is 0 Å². The minimum absolute atomic E-state index is 0.0885. The van der Waals surface area contributed by atoms with E-state index in [1.165, 1.54) is 32.1 Å². The normalized spacial score (nSPS) is 47.0. The van der Waals surface area contributed by atoms with Crippen LogP contribution in [0.3, 0.4) is 0 Å². The number of hydrogen-bond acceptors (Lipinski definition) is 2. The Hall–Kier alpha value is -0.0800. The molecule has 5 unspecified atom stereocenters. The average Bonchev–Trinajstić information content (AvgIpc) is 2.60. The van der Waals surface area contributed by atoms with Crippen molar-refractivity contribution in [1.82, 2.24) is 5.32 Å². The smallest absolute Gasteiger partial charge is 0.0693 e. The summed E-state index contributed by atoms with van der Waals surface area (Å²) < 4.78 is 0. The first kappa shape index (κ1) is 11.4. The van der Waals surface area contributed by atoms with Crippen LogP contribution in [0.1, 0.15) is 52.4 Å². The first-order valence-corrected chi connectivity index (χ1v) is 6.62. The Morgan fingerprint density at radius 3 is 2.27 bits per heavy atom. The van der Waals surface area contributed by atoms with Crippen LogP contribution in [0.5, 0.6) is 0 Å². The number of nitrogens with one attached hydrogen (secondary N) is 1. The molecule has 0 aromatic carbocycles.